The molecule has 0 saturated carbocycles. The summed E-state index contributed by atoms with van der Waals surface area (Å²) in [4.78, 5) is 0. The highest BCUT2D eigenvalue weighted by atomic mass is 15.6. The molecule has 1 aromatic carbocycles. The molecule has 0 radical (unpaired) electrons. The van der Waals surface area contributed by atoms with E-state index in [9.17, 15) is 0 Å². The Hall–Kier alpha value is -1.28. The summed E-state index contributed by atoms with van der Waals surface area (Å²) >= 11 is 0. The average molecular weight is 174 g/mol. The van der Waals surface area contributed by atoms with Gasteiger partial charge in [0.05, 0.1) is 0 Å². The Morgan fingerprint density at radius 3 is 2.62 bits per heavy atom. The standard InChI is InChI=1S/C11H14N2/c1-12-8-5-9-13(12)10-11-6-3-2-4-7-11/h2-8H,9-10H2,1H3. The van der Waals surface area contributed by atoms with Crippen molar-refractivity contribution < 1.29 is 0 Å². The van der Waals surface area contributed by atoms with Crippen molar-refractivity contribution in [1.29, 1.82) is 0 Å². The third-order valence-electron chi connectivity index (χ3n) is 2.29. The predicted molar refractivity (Wildman–Crippen MR) is 53.8 cm³/mol. The Morgan fingerprint density at radius 2 is 2.00 bits per heavy atom. The maximum Gasteiger partial charge on any atom is 0.0434 e. The van der Waals surface area contributed by atoms with Crippen LogP contribution in [0.15, 0.2) is 42.6 Å². The van der Waals surface area contributed by atoms with E-state index in [-0.39, 0.29) is 0 Å². The first-order valence-corrected chi connectivity index (χ1v) is 4.54. The third kappa shape index (κ3) is 1.90. The Bertz CT molecular complexity index is 292. The predicted octanol–water partition coefficient (Wildman–Crippen LogP) is 1.86. The van der Waals surface area contributed by atoms with Crippen LogP contribution in [-0.4, -0.2) is 23.6 Å². The molecule has 0 aliphatic carbocycles. The normalized spacial score (nSPS) is 16.8. The fraction of sp³-hybridized carbons (Fsp3) is 0.273. The molecule has 0 atom stereocenters. The molecule has 1 aromatic rings. The van der Waals surface area contributed by atoms with Gasteiger partial charge >= 0.3 is 0 Å². The molecule has 0 N–H and O–H groups in total. The second-order valence-electron chi connectivity index (χ2n) is 3.29. The van der Waals surface area contributed by atoms with E-state index in [1.54, 1.807) is 0 Å². The lowest BCUT2D eigenvalue weighted by Gasteiger charge is -2.24. The fourth-order valence-electron chi connectivity index (χ4n) is 1.51. The van der Waals surface area contributed by atoms with Gasteiger partial charge < -0.3 is 5.01 Å². The molecule has 0 spiro atoms. The highest BCUT2D eigenvalue weighted by molar-refractivity contribution is 5.14. The molecule has 68 valence electrons. The van der Waals surface area contributed by atoms with Crippen molar-refractivity contribution in [2.75, 3.05) is 13.6 Å². The summed E-state index contributed by atoms with van der Waals surface area (Å²) in [5.74, 6) is 0. The van der Waals surface area contributed by atoms with Gasteiger partial charge in [0.25, 0.3) is 0 Å². The summed E-state index contributed by atoms with van der Waals surface area (Å²) in [6.07, 6.45) is 4.27. The van der Waals surface area contributed by atoms with Crippen molar-refractivity contribution >= 4 is 0 Å². The van der Waals surface area contributed by atoms with Crippen LogP contribution in [0, 0.1) is 0 Å². The highest BCUT2D eigenvalue weighted by Crippen LogP contribution is 2.10. The Labute approximate surface area is 79.1 Å². The molecule has 0 bridgehead atoms. The molecule has 0 unspecified atom stereocenters. The molecule has 13 heavy (non-hydrogen) atoms. The zero-order valence-electron chi connectivity index (χ0n) is 7.85. The van der Waals surface area contributed by atoms with Gasteiger partial charge in [-0.05, 0) is 5.56 Å². The van der Waals surface area contributed by atoms with Crippen LogP contribution in [0.2, 0.25) is 0 Å². The van der Waals surface area contributed by atoms with Gasteiger partial charge in [-0.1, -0.05) is 36.4 Å². The molecular weight excluding hydrogens is 160 g/mol. The number of rotatable bonds is 2. The van der Waals surface area contributed by atoms with Gasteiger partial charge in [0.15, 0.2) is 0 Å². The Kier molecular flexibility index (Phi) is 2.32. The van der Waals surface area contributed by atoms with E-state index in [0.717, 1.165) is 13.1 Å². The molecule has 0 fully saturated rings. The van der Waals surface area contributed by atoms with E-state index in [0.29, 0.717) is 0 Å². The lowest BCUT2D eigenvalue weighted by atomic mass is 10.2. The topological polar surface area (TPSA) is 6.48 Å². The minimum absolute atomic E-state index is 0.990. The first kappa shape index (κ1) is 8.32. The van der Waals surface area contributed by atoms with Crippen molar-refractivity contribution in [2.45, 2.75) is 6.54 Å². The molecule has 0 amide bonds. The molecule has 1 aliphatic rings. The lowest BCUT2D eigenvalue weighted by molar-refractivity contribution is 0.0711. The van der Waals surface area contributed by atoms with Gasteiger partial charge in [0.2, 0.25) is 0 Å². The second-order valence-corrected chi connectivity index (χ2v) is 3.29. The van der Waals surface area contributed by atoms with Crippen molar-refractivity contribution in [2.24, 2.45) is 0 Å². The third-order valence-corrected chi connectivity index (χ3v) is 2.29. The van der Waals surface area contributed by atoms with Crippen LogP contribution in [0.1, 0.15) is 5.56 Å². The monoisotopic (exact) mass is 174 g/mol. The summed E-state index contributed by atoms with van der Waals surface area (Å²) in [5.41, 5.74) is 1.36. The Balaban J connectivity index is 1.99. The van der Waals surface area contributed by atoms with E-state index in [1.165, 1.54) is 5.56 Å². The minimum atomic E-state index is 0.990. The van der Waals surface area contributed by atoms with Crippen molar-refractivity contribution in [3.8, 4) is 0 Å². The van der Waals surface area contributed by atoms with Crippen LogP contribution >= 0.6 is 0 Å². The van der Waals surface area contributed by atoms with Gasteiger partial charge in [0.1, 0.15) is 0 Å². The molecular formula is C11H14N2. The molecule has 1 aliphatic heterocycles. The maximum absolute atomic E-state index is 2.29. The van der Waals surface area contributed by atoms with E-state index >= 15 is 0 Å². The van der Waals surface area contributed by atoms with E-state index in [1.807, 2.05) is 0 Å². The number of nitrogens with zero attached hydrogens (tertiary/aromatic N) is 2. The summed E-state index contributed by atoms with van der Waals surface area (Å²) in [7, 11) is 2.08. The SMILES string of the molecule is CN1C=CCN1Cc1ccccc1. The number of hydrogen-bond donors (Lipinski definition) is 0. The van der Waals surface area contributed by atoms with Crippen LogP contribution in [0.3, 0.4) is 0 Å². The maximum atomic E-state index is 2.29. The first-order chi connectivity index (χ1) is 6.36. The molecule has 0 saturated heterocycles. The summed E-state index contributed by atoms with van der Waals surface area (Å²) in [6, 6.07) is 10.5. The van der Waals surface area contributed by atoms with Gasteiger partial charge in [-0.3, -0.25) is 0 Å². The summed E-state index contributed by atoms with van der Waals surface area (Å²) in [5, 5.41) is 4.42. The quantitative estimate of drug-likeness (QED) is 0.675. The van der Waals surface area contributed by atoms with Crippen molar-refractivity contribution in [3.05, 3.63) is 48.2 Å². The molecule has 2 heteroatoms. The Morgan fingerprint density at radius 1 is 1.23 bits per heavy atom. The number of benzene rings is 1. The van der Waals surface area contributed by atoms with E-state index < -0.39 is 0 Å². The van der Waals surface area contributed by atoms with E-state index in [4.69, 9.17) is 0 Å². The molecule has 2 nitrogen and oxygen atoms in total. The van der Waals surface area contributed by atoms with Gasteiger partial charge in [-0.25, -0.2) is 5.01 Å². The summed E-state index contributed by atoms with van der Waals surface area (Å²) < 4.78 is 0. The zero-order valence-corrected chi connectivity index (χ0v) is 7.85. The van der Waals surface area contributed by atoms with Crippen LogP contribution in [0.4, 0.5) is 0 Å². The van der Waals surface area contributed by atoms with Crippen molar-refractivity contribution in [1.82, 2.24) is 10.0 Å². The average Bonchev–Trinajstić information content (AvgIpc) is 2.54. The summed E-state index contributed by atoms with van der Waals surface area (Å²) in [6.45, 7) is 2.01. The number of hydrogen-bond acceptors (Lipinski definition) is 2. The first-order valence-electron chi connectivity index (χ1n) is 4.54. The van der Waals surface area contributed by atoms with Gasteiger partial charge in [0, 0.05) is 26.3 Å². The van der Waals surface area contributed by atoms with Gasteiger partial charge in [-0.15, -0.1) is 0 Å². The fourth-order valence-corrected chi connectivity index (χ4v) is 1.51. The number of hydrazine groups is 1. The minimum Gasteiger partial charge on any atom is -0.316 e. The van der Waals surface area contributed by atoms with Crippen LogP contribution < -0.4 is 0 Å². The highest BCUT2D eigenvalue weighted by Gasteiger charge is 2.11. The van der Waals surface area contributed by atoms with Crippen LogP contribution in [0.25, 0.3) is 0 Å². The van der Waals surface area contributed by atoms with E-state index in [2.05, 4.69) is 59.7 Å². The largest absolute Gasteiger partial charge is 0.316 e. The molecule has 0 aromatic heterocycles. The molecule has 1 heterocycles. The smallest absolute Gasteiger partial charge is 0.0434 e. The lowest BCUT2D eigenvalue weighted by Crippen LogP contribution is -2.31. The second kappa shape index (κ2) is 3.62. The molecule has 2 rings (SSSR count). The van der Waals surface area contributed by atoms with Crippen LogP contribution in [0.5, 0.6) is 0 Å². The zero-order chi connectivity index (χ0) is 9.10. The van der Waals surface area contributed by atoms with Crippen molar-refractivity contribution in [3.63, 3.8) is 0 Å². The van der Waals surface area contributed by atoms with Crippen LogP contribution in [-0.2, 0) is 6.54 Å². The van der Waals surface area contributed by atoms with Gasteiger partial charge in [-0.2, -0.15) is 0 Å².